The molecule has 0 aliphatic rings. The molecule has 0 aromatic heterocycles. The molecule has 0 aromatic rings. The van der Waals surface area contributed by atoms with Crippen LogP contribution in [0.5, 0.6) is 0 Å². The molecule has 10 heteroatoms. The Hall–Kier alpha value is -2.03. The number of carbonyl (C=O) groups excluding carboxylic acids is 2. The first kappa shape index (κ1) is 61.0. The van der Waals surface area contributed by atoms with Gasteiger partial charge in [-0.2, -0.15) is 0 Å². The van der Waals surface area contributed by atoms with E-state index in [9.17, 15) is 19.0 Å². The molecule has 0 rings (SSSR count). The van der Waals surface area contributed by atoms with Crippen molar-refractivity contribution < 1.29 is 42.1 Å². The summed E-state index contributed by atoms with van der Waals surface area (Å²) >= 11 is 0. The lowest BCUT2D eigenvalue weighted by molar-refractivity contribution is -0.870. The number of rotatable bonds is 47. The molecule has 9 nitrogen and oxygen atoms in total. The summed E-state index contributed by atoms with van der Waals surface area (Å²) in [6.07, 6.45) is 54.5. The van der Waals surface area contributed by atoms with E-state index in [1.165, 1.54) is 122 Å². The van der Waals surface area contributed by atoms with Crippen LogP contribution in [0.25, 0.3) is 0 Å². The zero-order valence-corrected chi connectivity index (χ0v) is 42.5. The fourth-order valence-electron chi connectivity index (χ4n) is 7.02. The summed E-state index contributed by atoms with van der Waals surface area (Å²) in [4.78, 5) is 35.5. The monoisotopic (exact) mass is 909 g/mol. The maximum atomic E-state index is 12.8. The van der Waals surface area contributed by atoms with Crippen LogP contribution >= 0.6 is 7.82 Å². The van der Waals surface area contributed by atoms with Gasteiger partial charge in [0.05, 0.1) is 27.7 Å². The van der Waals surface area contributed by atoms with E-state index in [0.717, 1.165) is 70.6 Å². The van der Waals surface area contributed by atoms with Gasteiger partial charge in [0.25, 0.3) is 0 Å². The van der Waals surface area contributed by atoms with Crippen LogP contribution in [0.3, 0.4) is 0 Å². The zero-order valence-electron chi connectivity index (χ0n) is 41.6. The summed E-state index contributed by atoms with van der Waals surface area (Å²) in [6, 6.07) is 0. The van der Waals surface area contributed by atoms with Crippen LogP contribution in [0.1, 0.15) is 226 Å². The maximum Gasteiger partial charge on any atom is 0.472 e. The molecule has 1 N–H and O–H groups in total. The van der Waals surface area contributed by atoms with E-state index in [-0.39, 0.29) is 32.0 Å². The normalized spacial score (nSPS) is 13.8. The highest BCUT2D eigenvalue weighted by atomic mass is 31.2. The minimum absolute atomic E-state index is 0.0288. The third-order valence-corrected chi connectivity index (χ3v) is 12.1. The quantitative estimate of drug-likeness (QED) is 0.0211. The number of likely N-dealkylation sites (N-methyl/N-ethyl adjacent to an activating group) is 1. The van der Waals surface area contributed by atoms with Gasteiger partial charge < -0.3 is 18.9 Å². The van der Waals surface area contributed by atoms with Crippen molar-refractivity contribution in [3.63, 3.8) is 0 Å². The number of unbranched alkanes of at least 4 members (excludes halogenated alkanes) is 25. The zero-order chi connectivity index (χ0) is 46.4. The molecule has 0 bridgehead atoms. The molecule has 0 heterocycles. The molecule has 0 fully saturated rings. The number of carbonyl (C=O) groups is 2. The molecular weight excluding hydrogens is 810 g/mol. The number of nitrogens with zero attached hydrogens (tertiary/aromatic N) is 1. The molecule has 0 aliphatic heterocycles. The Morgan fingerprint density at radius 3 is 1.29 bits per heavy atom. The SMILES string of the molecule is CCCCCCC/C=C\C/C=C\C/C=C\CCCCCCCCCCCCC(=O)OC(COC(=O)CCCCCCC/C=C\CCCCCCC)COP(=O)(O)OCC[N+](C)(C)C. The van der Waals surface area contributed by atoms with Crippen LogP contribution in [-0.4, -0.2) is 74.9 Å². The van der Waals surface area contributed by atoms with Gasteiger partial charge >= 0.3 is 19.8 Å². The highest BCUT2D eigenvalue weighted by Gasteiger charge is 2.27. The third-order valence-electron chi connectivity index (χ3n) is 11.1. The number of quaternary nitrogens is 1. The Balaban J connectivity index is 4.22. The molecule has 368 valence electrons. The van der Waals surface area contributed by atoms with Gasteiger partial charge in [0.1, 0.15) is 19.8 Å². The molecule has 0 aromatic carbocycles. The Morgan fingerprint density at radius 1 is 0.492 bits per heavy atom. The minimum atomic E-state index is -4.38. The van der Waals surface area contributed by atoms with Gasteiger partial charge in [0.2, 0.25) is 0 Å². The second-order valence-electron chi connectivity index (χ2n) is 18.5. The van der Waals surface area contributed by atoms with Crippen molar-refractivity contribution in [1.82, 2.24) is 0 Å². The number of esters is 2. The molecular formula is C53H99NO8P+. The number of allylic oxidation sites excluding steroid dienone is 8. The standard InChI is InChI=1S/C53H98NO8P/c1-6-8-10-12-14-16-18-20-22-23-24-25-26-27-28-29-30-31-32-34-36-38-40-42-44-46-53(56)62-51(50-61-63(57,58)60-48-47-54(3,4)5)49-59-52(55)45-43-41-39-37-35-33-21-19-17-15-13-11-9-7-2/h18-21,23-24,26-27,51H,6-17,22,25,28-50H2,1-5H3/p+1/b20-18-,21-19-,24-23-,27-26-. The Kier molecular flexibility index (Phi) is 43.7. The first-order chi connectivity index (χ1) is 30.5. The number of hydrogen-bond acceptors (Lipinski definition) is 7. The van der Waals surface area contributed by atoms with E-state index in [4.69, 9.17) is 18.5 Å². The summed E-state index contributed by atoms with van der Waals surface area (Å²) in [5.74, 6) is -0.809. The summed E-state index contributed by atoms with van der Waals surface area (Å²) in [6.45, 7) is 4.40. The smallest absolute Gasteiger partial charge is 0.462 e. The van der Waals surface area contributed by atoms with Crippen LogP contribution in [-0.2, 0) is 32.7 Å². The van der Waals surface area contributed by atoms with Gasteiger partial charge in [-0.3, -0.25) is 18.6 Å². The van der Waals surface area contributed by atoms with Crippen LogP contribution in [0.4, 0.5) is 0 Å². The van der Waals surface area contributed by atoms with Crippen molar-refractivity contribution in [3.8, 4) is 0 Å². The summed E-state index contributed by atoms with van der Waals surface area (Å²) in [5, 5.41) is 0. The van der Waals surface area contributed by atoms with E-state index in [1.54, 1.807) is 0 Å². The largest absolute Gasteiger partial charge is 0.472 e. The first-order valence-electron chi connectivity index (χ1n) is 25.9. The number of ether oxygens (including phenoxy) is 2. The lowest BCUT2D eigenvalue weighted by Gasteiger charge is -2.24. The van der Waals surface area contributed by atoms with Gasteiger partial charge in [-0.15, -0.1) is 0 Å². The molecule has 0 spiro atoms. The van der Waals surface area contributed by atoms with Crippen molar-refractivity contribution >= 4 is 19.8 Å². The summed E-state index contributed by atoms with van der Waals surface area (Å²) in [7, 11) is 1.47. The van der Waals surface area contributed by atoms with Crippen LogP contribution in [0, 0.1) is 0 Å². The summed E-state index contributed by atoms with van der Waals surface area (Å²) in [5.41, 5.74) is 0. The van der Waals surface area contributed by atoms with E-state index in [0.29, 0.717) is 17.4 Å². The fraction of sp³-hybridized carbons (Fsp3) is 0.811. The van der Waals surface area contributed by atoms with E-state index in [2.05, 4.69) is 62.5 Å². The molecule has 0 aliphatic carbocycles. The molecule has 0 saturated heterocycles. The van der Waals surface area contributed by atoms with E-state index >= 15 is 0 Å². The van der Waals surface area contributed by atoms with Gasteiger partial charge in [-0.25, -0.2) is 4.57 Å². The Bertz CT molecular complexity index is 1210. The van der Waals surface area contributed by atoms with E-state index in [1.807, 2.05) is 21.1 Å². The number of hydrogen-bond donors (Lipinski definition) is 1. The number of phosphoric acid groups is 1. The average Bonchev–Trinajstić information content (AvgIpc) is 3.24. The predicted molar refractivity (Wildman–Crippen MR) is 266 cm³/mol. The van der Waals surface area contributed by atoms with Crippen molar-refractivity contribution in [3.05, 3.63) is 48.6 Å². The summed E-state index contributed by atoms with van der Waals surface area (Å²) < 4.78 is 34.4. The molecule has 0 radical (unpaired) electrons. The predicted octanol–water partition coefficient (Wildman–Crippen LogP) is 15.4. The van der Waals surface area contributed by atoms with Crippen molar-refractivity contribution in [2.45, 2.75) is 232 Å². The Morgan fingerprint density at radius 2 is 0.857 bits per heavy atom. The van der Waals surface area contributed by atoms with Crippen molar-refractivity contribution in [1.29, 1.82) is 0 Å². The third kappa shape index (κ3) is 49.2. The molecule has 0 saturated carbocycles. The lowest BCUT2D eigenvalue weighted by atomic mass is 10.0. The first-order valence-corrected chi connectivity index (χ1v) is 27.4. The lowest BCUT2D eigenvalue weighted by Crippen LogP contribution is -2.37. The Labute approximate surface area is 388 Å². The topological polar surface area (TPSA) is 108 Å². The van der Waals surface area contributed by atoms with Gasteiger partial charge in [-0.05, 0) is 77.0 Å². The van der Waals surface area contributed by atoms with Gasteiger partial charge in [0, 0.05) is 12.8 Å². The highest BCUT2D eigenvalue weighted by Crippen LogP contribution is 2.43. The second kappa shape index (κ2) is 45.1. The molecule has 2 atom stereocenters. The van der Waals surface area contributed by atoms with Crippen molar-refractivity contribution in [2.75, 3.05) is 47.5 Å². The average molecular weight is 909 g/mol. The van der Waals surface area contributed by atoms with Gasteiger partial charge in [-0.1, -0.05) is 184 Å². The fourth-order valence-corrected chi connectivity index (χ4v) is 7.76. The molecule has 63 heavy (non-hydrogen) atoms. The molecule has 0 amide bonds. The van der Waals surface area contributed by atoms with Crippen molar-refractivity contribution in [2.24, 2.45) is 0 Å². The number of phosphoric ester groups is 1. The van der Waals surface area contributed by atoms with Crippen LogP contribution in [0.2, 0.25) is 0 Å². The van der Waals surface area contributed by atoms with Crippen LogP contribution in [0.15, 0.2) is 48.6 Å². The van der Waals surface area contributed by atoms with Crippen LogP contribution < -0.4 is 0 Å². The minimum Gasteiger partial charge on any atom is -0.462 e. The van der Waals surface area contributed by atoms with Gasteiger partial charge in [0.15, 0.2) is 6.10 Å². The highest BCUT2D eigenvalue weighted by molar-refractivity contribution is 7.47. The van der Waals surface area contributed by atoms with E-state index < -0.39 is 26.5 Å². The molecule has 2 unspecified atom stereocenters. The maximum absolute atomic E-state index is 12.8. The second-order valence-corrected chi connectivity index (χ2v) is 20.0.